The van der Waals surface area contributed by atoms with Crippen molar-refractivity contribution in [1.29, 1.82) is 0 Å². The summed E-state index contributed by atoms with van der Waals surface area (Å²) in [5, 5.41) is 0. The highest BCUT2D eigenvalue weighted by Crippen LogP contribution is 2.64. The number of hydrogen-bond acceptors (Lipinski definition) is 0. The summed E-state index contributed by atoms with van der Waals surface area (Å²) in [5.41, 5.74) is 1.16. The van der Waals surface area contributed by atoms with E-state index in [0.717, 1.165) is 23.7 Å². The molecular formula is C21H42. The lowest BCUT2D eigenvalue weighted by molar-refractivity contribution is 0.0814. The van der Waals surface area contributed by atoms with E-state index in [1.54, 1.807) is 0 Å². The zero-order valence-corrected chi connectivity index (χ0v) is 16.3. The first-order valence-electron chi connectivity index (χ1n) is 9.72. The average molecular weight is 295 g/mol. The third kappa shape index (κ3) is 4.49. The molecule has 1 aliphatic rings. The van der Waals surface area contributed by atoms with Gasteiger partial charge in [-0.25, -0.2) is 0 Å². The summed E-state index contributed by atoms with van der Waals surface area (Å²) in [5.74, 6) is 3.67. The van der Waals surface area contributed by atoms with E-state index in [4.69, 9.17) is 0 Å². The number of rotatable bonds is 10. The van der Waals surface area contributed by atoms with Crippen molar-refractivity contribution in [2.24, 2.45) is 34.5 Å². The lowest BCUT2D eigenvalue weighted by Gasteiger charge is -2.41. The van der Waals surface area contributed by atoms with Gasteiger partial charge >= 0.3 is 0 Å². The minimum absolute atomic E-state index is 0.502. The van der Waals surface area contributed by atoms with Gasteiger partial charge in [0, 0.05) is 0 Å². The van der Waals surface area contributed by atoms with Gasteiger partial charge in [-0.2, -0.15) is 0 Å². The van der Waals surface area contributed by atoms with Gasteiger partial charge in [0.15, 0.2) is 0 Å². The molecular weight excluding hydrogens is 252 g/mol. The Morgan fingerprint density at radius 3 is 2.10 bits per heavy atom. The van der Waals surface area contributed by atoms with Crippen LogP contribution in [-0.2, 0) is 0 Å². The van der Waals surface area contributed by atoms with Crippen LogP contribution in [0.2, 0.25) is 0 Å². The van der Waals surface area contributed by atoms with Crippen molar-refractivity contribution in [1.82, 2.24) is 0 Å². The fourth-order valence-electron chi connectivity index (χ4n) is 4.35. The van der Waals surface area contributed by atoms with Crippen LogP contribution in [0.15, 0.2) is 0 Å². The molecule has 0 nitrogen and oxygen atoms in total. The Kier molecular flexibility index (Phi) is 6.81. The van der Waals surface area contributed by atoms with Crippen molar-refractivity contribution in [3.63, 3.8) is 0 Å². The van der Waals surface area contributed by atoms with E-state index in [-0.39, 0.29) is 0 Å². The number of hydrogen-bond donors (Lipinski definition) is 0. The highest BCUT2D eigenvalue weighted by atomic mass is 14.6. The second kappa shape index (κ2) is 7.51. The molecule has 0 aromatic rings. The molecule has 0 N–H and O–H groups in total. The molecule has 1 saturated carbocycles. The molecule has 0 heterocycles. The van der Waals surface area contributed by atoms with Crippen LogP contribution in [0.1, 0.15) is 100 Å². The molecule has 0 aromatic heterocycles. The van der Waals surface area contributed by atoms with Crippen molar-refractivity contribution in [3.05, 3.63) is 0 Å². The fraction of sp³-hybridized carbons (Fsp3) is 1.00. The van der Waals surface area contributed by atoms with Crippen LogP contribution in [0.3, 0.4) is 0 Å². The van der Waals surface area contributed by atoms with Gasteiger partial charge in [-0.3, -0.25) is 0 Å². The molecule has 5 atom stereocenters. The van der Waals surface area contributed by atoms with Crippen LogP contribution < -0.4 is 0 Å². The summed E-state index contributed by atoms with van der Waals surface area (Å²) in [7, 11) is 0. The van der Waals surface area contributed by atoms with Crippen LogP contribution in [-0.4, -0.2) is 0 Å². The van der Waals surface area contributed by atoms with Gasteiger partial charge in [-0.05, 0) is 47.3 Å². The van der Waals surface area contributed by atoms with Crippen molar-refractivity contribution in [2.75, 3.05) is 0 Å². The third-order valence-corrected chi connectivity index (χ3v) is 7.46. The topological polar surface area (TPSA) is 0 Å². The lowest BCUT2D eigenvalue weighted by Crippen LogP contribution is -2.33. The minimum atomic E-state index is 0.502. The Morgan fingerprint density at radius 1 is 1.05 bits per heavy atom. The summed E-state index contributed by atoms with van der Waals surface area (Å²) in [6, 6.07) is 0. The van der Waals surface area contributed by atoms with Crippen LogP contribution in [0.5, 0.6) is 0 Å². The van der Waals surface area contributed by atoms with E-state index < -0.39 is 0 Å². The van der Waals surface area contributed by atoms with Crippen LogP contribution >= 0.6 is 0 Å². The highest BCUT2D eigenvalue weighted by molar-refractivity contribution is 5.04. The van der Waals surface area contributed by atoms with Crippen molar-refractivity contribution < 1.29 is 0 Å². The minimum Gasteiger partial charge on any atom is -0.0651 e. The van der Waals surface area contributed by atoms with Crippen LogP contribution in [0, 0.1) is 34.5 Å². The largest absolute Gasteiger partial charge is 0.0651 e. The first kappa shape index (κ1) is 19.0. The first-order valence-corrected chi connectivity index (χ1v) is 9.72. The molecule has 0 aliphatic heterocycles. The van der Waals surface area contributed by atoms with Gasteiger partial charge < -0.3 is 0 Å². The maximum Gasteiger partial charge on any atom is -0.0294 e. The van der Waals surface area contributed by atoms with Gasteiger partial charge in [0.1, 0.15) is 0 Å². The smallest absolute Gasteiger partial charge is 0.0294 e. The molecule has 0 bridgehead atoms. The zero-order valence-electron chi connectivity index (χ0n) is 16.3. The Bertz CT molecular complexity index is 303. The summed E-state index contributed by atoms with van der Waals surface area (Å²) in [6.45, 7) is 19.6. The molecule has 21 heavy (non-hydrogen) atoms. The first-order chi connectivity index (χ1) is 9.72. The SMILES string of the molecule is CCC(C)CCCC(C1CC1(C)CC)C(C)(C)C(C)CC. The zero-order chi connectivity index (χ0) is 16.3. The normalized spacial score (nSPS) is 30.0. The summed E-state index contributed by atoms with van der Waals surface area (Å²) < 4.78 is 0. The fourth-order valence-corrected chi connectivity index (χ4v) is 4.35. The molecule has 0 aromatic carbocycles. The molecule has 0 spiro atoms. The Morgan fingerprint density at radius 2 is 1.67 bits per heavy atom. The van der Waals surface area contributed by atoms with Gasteiger partial charge in [-0.15, -0.1) is 0 Å². The van der Waals surface area contributed by atoms with E-state index >= 15 is 0 Å². The molecule has 1 rings (SSSR count). The van der Waals surface area contributed by atoms with E-state index in [9.17, 15) is 0 Å². The predicted octanol–water partition coefficient (Wildman–Crippen LogP) is 7.33. The molecule has 0 amide bonds. The Labute approximate surface area is 135 Å². The molecule has 0 saturated heterocycles. The van der Waals surface area contributed by atoms with E-state index in [1.807, 2.05) is 0 Å². The van der Waals surface area contributed by atoms with Crippen molar-refractivity contribution in [3.8, 4) is 0 Å². The Balaban J connectivity index is 2.72. The Hall–Kier alpha value is 0. The molecule has 1 aliphatic carbocycles. The standard InChI is InChI=1S/C21H42/c1-9-16(4)13-12-14-18(19-15-21(19,8)11-3)20(6,7)17(5)10-2/h16-19H,9-15H2,1-8H3. The van der Waals surface area contributed by atoms with E-state index in [2.05, 4.69) is 55.4 Å². The van der Waals surface area contributed by atoms with Gasteiger partial charge in [0.05, 0.1) is 0 Å². The quantitative estimate of drug-likeness (QED) is 0.395. The molecule has 0 heteroatoms. The third-order valence-electron chi connectivity index (χ3n) is 7.46. The predicted molar refractivity (Wildman–Crippen MR) is 96.5 cm³/mol. The second-order valence-corrected chi connectivity index (χ2v) is 9.00. The summed E-state index contributed by atoms with van der Waals surface area (Å²) >= 11 is 0. The molecule has 5 unspecified atom stereocenters. The second-order valence-electron chi connectivity index (χ2n) is 9.00. The highest BCUT2D eigenvalue weighted by Gasteiger charge is 2.55. The molecule has 0 radical (unpaired) electrons. The van der Waals surface area contributed by atoms with Crippen LogP contribution in [0.25, 0.3) is 0 Å². The molecule has 1 fully saturated rings. The molecule has 126 valence electrons. The van der Waals surface area contributed by atoms with Crippen LogP contribution in [0.4, 0.5) is 0 Å². The van der Waals surface area contributed by atoms with Gasteiger partial charge in [-0.1, -0.05) is 87.5 Å². The average Bonchev–Trinajstić information content (AvgIpc) is 3.13. The maximum absolute atomic E-state index is 2.56. The van der Waals surface area contributed by atoms with Gasteiger partial charge in [0.25, 0.3) is 0 Å². The summed E-state index contributed by atoms with van der Waals surface area (Å²) in [6.07, 6.45) is 9.85. The maximum atomic E-state index is 2.56. The van der Waals surface area contributed by atoms with E-state index in [0.29, 0.717) is 10.8 Å². The summed E-state index contributed by atoms with van der Waals surface area (Å²) in [4.78, 5) is 0. The lowest BCUT2D eigenvalue weighted by atomic mass is 9.64. The van der Waals surface area contributed by atoms with Crippen molar-refractivity contribution >= 4 is 0 Å². The monoisotopic (exact) mass is 294 g/mol. The van der Waals surface area contributed by atoms with Gasteiger partial charge in [0.2, 0.25) is 0 Å². The van der Waals surface area contributed by atoms with Crippen molar-refractivity contribution in [2.45, 2.75) is 100 Å². The van der Waals surface area contributed by atoms with E-state index in [1.165, 1.54) is 44.9 Å².